The number of nitrogens with one attached hydrogen (secondary N) is 2. The number of halogens is 1. The summed E-state index contributed by atoms with van der Waals surface area (Å²) in [4.78, 5) is 46.5. The van der Waals surface area contributed by atoms with Crippen LogP contribution in [0.15, 0.2) is 106 Å². The van der Waals surface area contributed by atoms with E-state index in [0.29, 0.717) is 33.1 Å². The first-order valence-electron chi connectivity index (χ1n) is 10.9. The SMILES string of the molecule is O=c1[nH]cc(-c2cc(-c3cc(Cl)cc(COc4ccccc4)c3)c(=O)n(-c3cccnc3)c2)c(=O)[nH]1. The molecule has 36 heavy (non-hydrogen) atoms. The van der Waals surface area contributed by atoms with Crippen molar-refractivity contribution in [2.24, 2.45) is 0 Å². The summed E-state index contributed by atoms with van der Waals surface area (Å²) in [5.74, 6) is 0.706. The Balaban J connectivity index is 1.65. The van der Waals surface area contributed by atoms with Gasteiger partial charge in [0.2, 0.25) is 0 Å². The maximum atomic E-state index is 13.6. The van der Waals surface area contributed by atoms with Crippen LogP contribution in [0.4, 0.5) is 0 Å². The number of benzene rings is 2. The number of hydrogen-bond acceptors (Lipinski definition) is 5. The number of aromatic amines is 2. The fourth-order valence-corrected chi connectivity index (χ4v) is 4.08. The molecule has 8 nitrogen and oxygen atoms in total. The van der Waals surface area contributed by atoms with Crippen LogP contribution in [0.2, 0.25) is 5.02 Å². The van der Waals surface area contributed by atoms with Gasteiger partial charge in [0.1, 0.15) is 12.4 Å². The molecule has 178 valence electrons. The van der Waals surface area contributed by atoms with Gasteiger partial charge in [0.15, 0.2) is 0 Å². The maximum Gasteiger partial charge on any atom is 0.325 e. The zero-order valence-corrected chi connectivity index (χ0v) is 19.5. The molecular weight excluding hydrogens is 480 g/mol. The molecular formula is C27H19ClN4O4. The van der Waals surface area contributed by atoms with Crippen LogP contribution in [-0.4, -0.2) is 19.5 Å². The third-order valence-corrected chi connectivity index (χ3v) is 5.71. The summed E-state index contributed by atoms with van der Waals surface area (Å²) in [6.45, 7) is 0.244. The zero-order valence-electron chi connectivity index (χ0n) is 18.8. The Kier molecular flexibility index (Phi) is 6.34. The molecule has 0 spiro atoms. The summed E-state index contributed by atoms with van der Waals surface area (Å²) in [5, 5.41) is 0.429. The molecule has 0 atom stereocenters. The summed E-state index contributed by atoms with van der Waals surface area (Å²) < 4.78 is 7.26. The van der Waals surface area contributed by atoms with E-state index in [1.54, 1.807) is 42.7 Å². The predicted molar refractivity (Wildman–Crippen MR) is 138 cm³/mol. The number of pyridine rings is 2. The number of para-hydroxylation sites is 1. The first kappa shape index (κ1) is 23.1. The lowest BCUT2D eigenvalue weighted by molar-refractivity contribution is 0.306. The number of ether oxygens (including phenoxy) is 1. The van der Waals surface area contributed by atoms with Crippen LogP contribution in [0, 0.1) is 0 Å². The summed E-state index contributed by atoms with van der Waals surface area (Å²) in [5.41, 5.74) is 1.24. The van der Waals surface area contributed by atoms with Crippen LogP contribution < -0.4 is 21.5 Å². The minimum atomic E-state index is -0.623. The van der Waals surface area contributed by atoms with E-state index < -0.39 is 11.2 Å². The first-order valence-corrected chi connectivity index (χ1v) is 11.3. The lowest BCUT2D eigenvalue weighted by Gasteiger charge is -2.13. The molecule has 5 aromatic rings. The van der Waals surface area contributed by atoms with Gasteiger partial charge in [0.25, 0.3) is 11.1 Å². The third kappa shape index (κ3) is 4.89. The van der Waals surface area contributed by atoms with Crippen LogP contribution >= 0.6 is 11.6 Å². The molecule has 0 aliphatic carbocycles. The molecule has 3 heterocycles. The van der Waals surface area contributed by atoms with E-state index in [9.17, 15) is 14.4 Å². The summed E-state index contributed by atoms with van der Waals surface area (Å²) >= 11 is 6.42. The molecule has 0 saturated heterocycles. The second-order valence-electron chi connectivity index (χ2n) is 7.96. The predicted octanol–water partition coefficient (Wildman–Crippen LogP) is 4.18. The second-order valence-corrected chi connectivity index (χ2v) is 8.40. The maximum absolute atomic E-state index is 13.6. The molecule has 0 aliphatic heterocycles. The standard InChI is InChI=1S/C27H19ClN4O4/c28-20-10-17(16-36-22-6-2-1-3-7-22)9-18(11-20)23-12-19(24-14-30-27(35)31-25(24)33)15-32(26(23)34)21-5-4-8-29-13-21/h1-15H,16H2,(H2,30,31,33,35). The smallest absolute Gasteiger partial charge is 0.325 e. The van der Waals surface area contributed by atoms with Gasteiger partial charge in [-0.15, -0.1) is 0 Å². The Labute approximate surface area is 209 Å². The molecule has 0 fully saturated rings. The normalized spacial score (nSPS) is 10.8. The number of aromatic nitrogens is 4. The van der Waals surface area contributed by atoms with Gasteiger partial charge in [-0.05, 0) is 59.7 Å². The van der Waals surface area contributed by atoms with E-state index in [2.05, 4.69) is 15.0 Å². The van der Waals surface area contributed by atoms with E-state index in [4.69, 9.17) is 16.3 Å². The number of rotatable bonds is 6. The van der Waals surface area contributed by atoms with Crippen molar-refractivity contribution in [1.82, 2.24) is 19.5 Å². The highest BCUT2D eigenvalue weighted by Gasteiger charge is 2.15. The van der Waals surface area contributed by atoms with Crippen molar-refractivity contribution in [3.63, 3.8) is 0 Å². The highest BCUT2D eigenvalue weighted by atomic mass is 35.5. The van der Waals surface area contributed by atoms with Gasteiger partial charge in [-0.25, -0.2) is 4.79 Å². The summed E-state index contributed by atoms with van der Waals surface area (Å²) in [6.07, 6.45) is 6.00. The summed E-state index contributed by atoms with van der Waals surface area (Å²) in [6, 6.07) is 19.7. The van der Waals surface area contributed by atoms with Crippen molar-refractivity contribution in [2.45, 2.75) is 6.61 Å². The Morgan fingerprint density at radius 3 is 2.50 bits per heavy atom. The molecule has 5 rings (SSSR count). The Morgan fingerprint density at radius 1 is 0.917 bits per heavy atom. The molecule has 0 amide bonds. The molecule has 3 aromatic heterocycles. The van der Waals surface area contributed by atoms with Gasteiger partial charge in [0.05, 0.1) is 17.4 Å². The van der Waals surface area contributed by atoms with Crippen molar-refractivity contribution in [3.8, 4) is 33.7 Å². The monoisotopic (exact) mass is 498 g/mol. The quantitative estimate of drug-likeness (QED) is 0.365. The second kappa shape index (κ2) is 9.89. The average Bonchev–Trinajstić information content (AvgIpc) is 2.89. The van der Waals surface area contributed by atoms with Crippen molar-refractivity contribution in [1.29, 1.82) is 0 Å². The largest absolute Gasteiger partial charge is 0.489 e. The average molecular weight is 499 g/mol. The highest BCUT2D eigenvalue weighted by molar-refractivity contribution is 6.31. The van der Waals surface area contributed by atoms with Crippen LogP contribution in [-0.2, 0) is 6.61 Å². The van der Waals surface area contributed by atoms with Crippen molar-refractivity contribution in [2.75, 3.05) is 0 Å². The molecule has 2 N–H and O–H groups in total. The molecule has 0 radical (unpaired) electrons. The lowest BCUT2D eigenvalue weighted by Crippen LogP contribution is -2.24. The molecule has 0 aliphatic rings. The first-order chi connectivity index (χ1) is 17.5. The van der Waals surface area contributed by atoms with E-state index in [1.165, 1.54) is 17.0 Å². The van der Waals surface area contributed by atoms with Gasteiger partial charge in [-0.2, -0.15) is 0 Å². The molecule has 0 saturated carbocycles. The zero-order chi connectivity index (χ0) is 25.1. The van der Waals surface area contributed by atoms with Crippen LogP contribution in [0.25, 0.3) is 27.9 Å². The van der Waals surface area contributed by atoms with Crippen LogP contribution in [0.1, 0.15) is 5.56 Å². The minimum absolute atomic E-state index is 0.197. The lowest BCUT2D eigenvalue weighted by atomic mass is 10.0. The van der Waals surface area contributed by atoms with Crippen LogP contribution in [0.3, 0.4) is 0 Å². The number of nitrogens with zero attached hydrogens (tertiary/aromatic N) is 2. The van der Waals surface area contributed by atoms with Gasteiger partial charge in [-0.3, -0.25) is 24.1 Å². The molecule has 0 bridgehead atoms. The molecule has 2 aromatic carbocycles. The topological polar surface area (TPSA) is 110 Å². The van der Waals surface area contributed by atoms with Gasteiger partial charge in [0, 0.05) is 34.7 Å². The van der Waals surface area contributed by atoms with E-state index in [0.717, 1.165) is 5.56 Å². The van der Waals surface area contributed by atoms with Gasteiger partial charge in [-0.1, -0.05) is 29.8 Å². The molecule has 9 heteroatoms. The van der Waals surface area contributed by atoms with Gasteiger partial charge < -0.3 is 9.72 Å². The molecule has 0 unspecified atom stereocenters. The van der Waals surface area contributed by atoms with Crippen molar-refractivity contribution >= 4 is 11.6 Å². The Morgan fingerprint density at radius 2 is 1.75 bits per heavy atom. The number of hydrogen-bond donors (Lipinski definition) is 2. The minimum Gasteiger partial charge on any atom is -0.489 e. The Bertz CT molecular complexity index is 1710. The highest BCUT2D eigenvalue weighted by Crippen LogP contribution is 2.27. The van der Waals surface area contributed by atoms with E-state index in [1.807, 2.05) is 36.4 Å². The van der Waals surface area contributed by atoms with Crippen LogP contribution in [0.5, 0.6) is 5.75 Å². The van der Waals surface area contributed by atoms with E-state index >= 15 is 0 Å². The fourth-order valence-electron chi connectivity index (χ4n) is 3.82. The number of H-pyrrole nitrogens is 2. The van der Waals surface area contributed by atoms with E-state index in [-0.39, 0.29) is 17.7 Å². The Hall–Kier alpha value is -4.69. The van der Waals surface area contributed by atoms with Crippen molar-refractivity contribution in [3.05, 3.63) is 133 Å². The van der Waals surface area contributed by atoms with Gasteiger partial charge >= 0.3 is 5.69 Å². The third-order valence-electron chi connectivity index (χ3n) is 5.49. The fraction of sp³-hybridized carbons (Fsp3) is 0.0370. The summed E-state index contributed by atoms with van der Waals surface area (Å²) in [7, 11) is 0. The van der Waals surface area contributed by atoms with Crippen molar-refractivity contribution < 1.29 is 4.74 Å².